The Hall–Kier alpha value is -2.48. The van der Waals surface area contributed by atoms with Crippen molar-refractivity contribution in [1.29, 1.82) is 0 Å². The van der Waals surface area contributed by atoms with Gasteiger partial charge in [0, 0.05) is 13.1 Å². The molecule has 1 aromatic heterocycles. The van der Waals surface area contributed by atoms with E-state index in [-0.39, 0.29) is 17.6 Å². The molecular weight excluding hydrogens is 349 g/mol. The zero-order valence-corrected chi connectivity index (χ0v) is 13.9. The molecule has 140 valence electrons. The molecule has 1 aliphatic rings. The number of piperidine rings is 1. The predicted octanol–water partition coefficient (Wildman–Crippen LogP) is 3.87. The molecule has 2 heterocycles. The summed E-state index contributed by atoms with van der Waals surface area (Å²) in [5, 5.41) is 9.28. The average Bonchev–Trinajstić information content (AvgIpc) is 2.61. The van der Waals surface area contributed by atoms with Crippen molar-refractivity contribution < 1.29 is 27.8 Å². The molecule has 0 aliphatic carbocycles. The molecule has 1 saturated heterocycles. The summed E-state index contributed by atoms with van der Waals surface area (Å²) in [6.07, 6.45) is -1.51. The van der Waals surface area contributed by atoms with Crippen molar-refractivity contribution in [3.8, 4) is 11.5 Å². The molecule has 0 atom stereocenters. The van der Waals surface area contributed by atoms with E-state index in [1.54, 1.807) is 24.3 Å². The van der Waals surface area contributed by atoms with E-state index in [0.717, 1.165) is 37.3 Å². The summed E-state index contributed by atoms with van der Waals surface area (Å²) < 4.78 is 46.1. The number of pyridine rings is 1. The van der Waals surface area contributed by atoms with Gasteiger partial charge in [-0.05, 0) is 42.7 Å². The Bertz CT molecular complexity index is 697. The van der Waals surface area contributed by atoms with Gasteiger partial charge in [0.1, 0.15) is 17.3 Å². The number of aromatic hydroxyl groups is 1. The summed E-state index contributed by atoms with van der Waals surface area (Å²) >= 11 is 0. The number of benzene rings is 1. The quantitative estimate of drug-likeness (QED) is 0.868. The molecule has 0 saturated carbocycles. The number of nitrogens with zero attached hydrogens (tertiary/aromatic N) is 2. The largest absolute Gasteiger partial charge is 0.573 e. The molecule has 0 unspecified atom stereocenters. The number of hydrogen-bond acceptors (Lipinski definition) is 5. The monoisotopic (exact) mass is 368 g/mol. The Morgan fingerprint density at radius 2 is 1.77 bits per heavy atom. The van der Waals surface area contributed by atoms with Gasteiger partial charge in [-0.15, -0.1) is 13.2 Å². The summed E-state index contributed by atoms with van der Waals surface area (Å²) in [7, 11) is 0. The molecule has 1 aliphatic heterocycles. The number of aromatic nitrogens is 1. The van der Waals surface area contributed by atoms with Gasteiger partial charge in [-0.1, -0.05) is 12.1 Å². The second-order valence-electron chi connectivity index (χ2n) is 6.06. The third-order valence-corrected chi connectivity index (χ3v) is 4.14. The van der Waals surface area contributed by atoms with Gasteiger partial charge in [0.2, 0.25) is 0 Å². The maximum atomic E-state index is 12.1. The van der Waals surface area contributed by atoms with Gasteiger partial charge in [0.25, 0.3) is 0 Å². The van der Waals surface area contributed by atoms with Crippen LogP contribution in [-0.4, -0.2) is 35.6 Å². The number of rotatable bonds is 5. The fraction of sp³-hybridized carbons (Fsp3) is 0.389. The second kappa shape index (κ2) is 7.82. The van der Waals surface area contributed by atoms with Crippen LogP contribution in [0, 0.1) is 0 Å². The fourth-order valence-electron chi connectivity index (χ4n) is 2.82. The van der Waals surface area contributed by atoms with Gasteiger partial charge >= 0.3 is 6.36 Å². The summed E-state index contributed by atoms with van der Waals surface area (Å²) in [6, 6.07) is 9.09. The molecule has 1 aromatic carbocycles. The summed E-state index contributed by atoms with van der Waals surface area (Å²) in [5.41, 5.74) is 0.794. The lowest BCUT2D eigenvalue weighted by Crippen LogP contribution is -2.37. The first-order chi connectivity index (χ1) is 12.4. The highest BCUT2D eigenvalue weighted by Gasteiger charge is 2.31. The lowest BCUT2D eigenvalue weighted by molar-refractivity contribution is -0.274. The molecule has 0 radical (unpaired) electrons. The van der Waals surface area contributed by atoms with Crippen LogP contribution in [0.15, 0.2) is 42.6 Å². The van der Waals surface area contributed by atoms with Gasteiger partial charge in [-0.25, -0.2) is 4.98 Å². The van der Waals surface area contributed by atoms with Crippen LogP contribution in [0.4, 0.5) is 19.0 Å². The van der Waals surface area contributed by atoms with Crippen molar-refractivity contribution in [1.82, 2.24) is 4.98 Å². The van der Waals surface area contributed by atoms with Crippen LogP contribution in [0.3, 0.4) is 0 Å². The van der Waals surface area contributed by atoms with Crippen LogP contribution >= 0.6 is 0 Å². The van der Waals surface area contributed by atoms with Crippen molar-refractivity contribution in [3.63, 3.8) is 0 Å². The molecule has 8 heteroatoms. The molecule has 26 heavy (non-hydrogen) atoms. The van der Waals surface area contributed by atoms with E-state index in [2.05, 4.69) is 14.6 Å². The van der Waals surface area contributed by atoms with Crippen molar-refractivity contribution in [3.05, 3.63) is 48.2 Å². The first-order valence-electron chi connectivity index (χ1n) is 8.25. The Labute approximate surface area is 149 Å². The maximum absolute atomic E-state index is 12.1. The lowest BCUT2D eigenvalue weighted by Gasteiger charge is -2.32. The van der Waals surface area contributed by atoms with E-state index in [9.17, 15) is 18.3 Å². The SMILES string of the molecule is Oc1ccc(N2CCC(OCc3ccc(OC(F)(F)F)cc3)CC2)nc1. The minimum atomic E-state index is -4.68. The molecule has 0 bridgehead atoms. The molecule has 0 amide bonds. The van der Waals surface area contributed by atoms with E-state index in [0.29, 0.717) is 6.61 Å². The zero-order valence-electron chi connectivity index (χ0n) is 13.9. The highest BCUT2D eigenvalue weighted by Crippen LogP contribution is 2.24. The Morgan fingerprint density at radius 1 is 1.08 bits per heavy atom. The van der Waals surface area contributed by atoms with Gasteiger partial charge < -0.3 is 19.5 Å². The van der Waals surface area contributed by atoms with E-state index >= 15 is 0 Å². The van der Waals surface area contributed by atoms with Crippen molar-refractivity contribution >= 4 is 5.82 Å². The normalized spacial score (nSPS) is 15.9. The lowest BCUT2D eigenvalue weighted by atomic mass is 10.1. The molecule has 3 rings (SSSR count). The molecular formula is C18H19F3N2O3. The molecule has 1 N–H and O–H groups in total. The van der Waals surface area contributed by atoms with Crippen LogP contribution in [0.1, 0.15) is 18.4 Å². The van der Waals surface area contributed by atoms with Crippen molar-refractivity contribution in [2.45, 2.75) is 31.9 Å². The number of halogens is 3. The van der Waals surface area contributed by atoms with E-state index in [1.807, 2.05) is 0 Å². The van der Waals surface area contributed by atoms with Crippen LogP contribution in [-0.2, 0) is 11.3 Å². The smallest absolute Gasteiger partial charge is 0.506 e. The molecule has 0 spiro atoms. The summed E-state index contributed by atoms with van der Waals surface area (Å²) in [6.45, 7) is 1.93. The highest BCUT2D eigenvalue weighted by atomic mass is 19.4. The van der Waals surface area contributed by atoms with E-state index in [1.165, 1.54) is 18.3 Å². The predicted molar refractivity (Wildman–Crippen MR) is 89.1 cm³/mol. The first-order valence-corrected chi connectivity index (χ1v) is 8.25. The Kier molecular flexibility index (Phi) is 5.51. The standard InChI is InChI=1S/C18H19F3N2O3/c19-18(20,21)26-16-4-1-13(2-5-16)12-25-15-7-9-23(10-8-15)17-6-3-14(24)11-22-17/h1-6,11,15,24H,7-10,12H2. The minimum Gasteiger partial charge on any atom is -0.506 e. The van der Waals surface area contributed by atoms with Gasteiger partial charge in [-0.3, -0.25) is 0 Å². The maximum Gasteiger partial charge on any atom is 0.573 e. The van der Waals surface area contributed by atoms with Gasteiger partial charge in [-0.2, -0.15) is 0 Å². The molecule has 1 fully saturated rings. The second-order valence-corrected chi connectivity index (χ2v) is 6.06. The van der Waals surface area contributed by atoms with Crippen LogP contribution < -0.4 is 9.64 Å². The number of hydrogen-bond donors (Lipinski definition) is 1. The number of ether oxygens (including phenoxy) is 2. The van der Waals surface area contributed by atoms with Crippen LogP contribution in [0.25, 0.3) is 0 Å². The van der Waals surface area contributed by atoms with E-state index in [4.69, 9.17) is 4.74 Å². The number of alkyl halides is 3. The van der Waals surface area contributed by atoms with Crippen LogP contribution in [0.2, 0.25) is 0 Å². The van der Waals surface area contributed by atoms with Crippen LogP contribution in [0.5, 0.6) is 11.5 Å². The third-order valence-electron chi connectivity index (χ3n) is 4.14. The minimum absolute atomic E-state index is 0.0921. The topological polar surface area (TPSA) is 54.8 Å². The van der Waals surface area contributed by atoms with E-state index < -0.39 is 6.36 Å². The van der Waals surface area contributed by atoms with Crippen molar-refractivity contribution in [2.75, 3.05) is 18.0 Å². The Morgan fingerprint density at radius 3 is 2.35 bits per heavy atom. The van der Waals surface area contributed by atoms with Gasteiger partial charge in [0.05, 0.1) is 18.9 Å². The molecule has 2 aromatic rings. The molecule has 5 nitrogen and oxygen atoms in total. The van der Waals surface area contributed by atoms with Crippen molar-refractivity contribution in [2.24, 2.45) is 0 Å². The summed E-state index contributed by atoms with van der Waals surface area (Å²) in [5.74, 6) is 0.719. The zero-order chi connectivity index (χ0) is 18.6. The van der Waals surface area contributed by atoms with Gasteiger partial charge in [0.15, 0.2) is 0 Å². The third kappa shape index (κ3) is 5.26. The average molecular weight is 368 g/mol. The number of anilines is 1. The highest BCUT2D eigenvalue weighted by molar-refractivity contribution is 5.40. The summed E-state index contributed by atoms with van der Waals surface area (Å²) in [4.78, 5) is 6.32. The fourth-order valence-corrected chi connectivity index (χ4v) is 2.82. The Balaban J connectivity index is 1.44. The first kappa shape index (κ1) is 18.3.